The van der Waals surface area contributed by atoms with E-state index in [0.717, 1.165) is 42.9 Å². The Morgan fingerprint density at radius 2 is 2.09 bits per heavy atom. The van der Waals surface area contributed by atoms with Gasteiger partial charge < -0.3 is 25.2 Å². The molecule has 10 heteroatoms. The summed E-state index contributed by atoms with van der Waals surface area (Å²) in [5.41, 5.74) is 2.53. The lowest BCUT2D eigenvalue weighted by molar-refractivity contribution is 0.0447. The van der Waals surface area contributed by atoms with Crippen LogP contribution in [0, 0.1) is 5.92 Å². The average Bonchev–Trinajstić information content (AvgIpc) is 3.38. The molecule has 33 heavy (non-hydrogen) atoms. The zero-order chi connectivity index (χ0) is 23.2. The summed E-state index contributed by atoms with van der Waals surface area (Å²) in [6.45, 7) is 3.48. The zero-order valence-electron chi connectivity index (χ0n) is 18.3. The summed E-state index contributed by atoms with van der Waals surface area (Å²) in [6.07, 6.45) is 6.84. The molecule has 2 aliphatic heterocycles. The number of hydrogen-bond acceptors (Lipinski definition) is 7. The van der Waals surface area contributed by atoms with Crippen LogP contribution in [0.1, 0.15) is 35.7 Å². The summed E-state index contributed by atoms with van der Waals surface area (Å²) in [4.78, 5) is 19.7. The van der Waals surface area contributed by atoms with Crippen molar-refractivity contribution < 1.29 is 19.7 Å². The number of hydrogen-bond donors (Lipinski definition) is 3. The Hall–Kier alpha value is -2.88. The molecule has 1 aromatic carbocycles. The molecule has 0 saturated carbocycles. The summed E-state index contributed by atoms with van der Waals surface area (Å²) >= 11 is 5.98. The number of halogens is 1. The highest BCUT2D eigenvalue weighted by molar-refractivity contribution is 6.30. The zero-order valence-corrected chi connectivity index (χ0v) is 19.0. The number of fused-ring (bicyclic) bond motifs is 2. The standard InChI is InChI=1S/C23H26ClN5O4/c1-23(13-31)8-15-6-18(19(7-20(15)33-23)28-4-2-14(12-30)3-5-28)27-22(32)17-10-26-29-11-16(24)9-25-21(17)29/h6-7,9-11,14,30-31H,2-5,8,12-13H2,1H3,(H,27,32)/t23-/m0/s1. The van der Waals surface area contributed by atoms with Crippen LogP contribution in [-0.2, 0) is 6.42 Å². The molecule has 0 radical (unpaired) electrons. The maximum absolute atomic E-state index is 13.2. The number of benzene rings is 1. The summed E-state index contributed by atoms with van der Waals surface area (Å²) in [5, 5.41) is 26.9. The molecule has 2 aliphatic rings. The van der Waals surface area contributed by atoms with E-state index in [2.05, 4.69) is 20.3 Å². The number of carbonyl (C=O) groups is 1. The number of aliphatic hydroxyl groups is 2. The van der Waals surface area contributed by atoms with Gasteiger partial charge in [0.15, 0.2) is 5.65 Å². The van der Waals surface area contributed by atoms with Crippen LogP contribution in [0.2, 0.25) is 5.02 Å². The Balaban J connectivity index is 1.49. The maximum Gasteiger partial charge on any atom is 0.261 e. The number of rotatable bonds is 5. The van der Waals surface area contributed by atoms with E-state index in [-0.39, 0.29) is 19.1 Å². The molecule has 5 rings (SSSR count). The smallest absolute Gasteiger partial charge is 0.261 e. The van der Waals surface area contributed by atoms with Crippen molar-refractivity contribution in [3.63, 3.8) is 0 Å². The number of aromatic nitrogens is 3. The molecule has 1 amide bonds. The van der Waals surface area contributed by atoms with Crippen molar-refractivity contribution in [3.05, 3.63) is 46.9 Å². The molecule has 9 nitrogen and oxygen atoms in total. The summed E-state index contributed by atoms with van der Waals surface area (Å²) in [6, 6.07) is 3.87. The van der Waals surface area contributed by atoms with Gasteiger partial charge in [0.2, 0.25) is 0 Å². The number of anilines is 2. The van der Waals surface area contributed by atoms with Gasteiger partial charge in [-0.2, -0.15) is 5.10 Å². The van der Waals surface area contributed by atoms with Crippen molar-refractivity contribution >= 4 is 34.5 Å². The first-order valence-corrected chi connectivity index (χ1v) is 11.4. The fourth-order valence-electron chi connectivity index (χ4n) is 4.56. The molecule has 1 fully saturated rings. The number of ether oxygens (including phenoxy) is 1. The molecule has 4 heterocycles. The van der Waals surface area contributed by atoms with Crippen LogP contribution in [0.5, 0.6) is 5.75 Å². The van der Waals surface area contributed by atoms with Gasteiger partial charge in [-0.3, -0.25) is 4.79 Å². The number of piperidine rings is 1. The molecule has 2 aromatic heterocycles. The second-order valence-corrected chi connectivity index (χ2v) is 9.47. The third kappa shape index (κ3) is 4.12. The fraction of sp³-hybridized carbons (Fsp3) is 0.435. The lowest BCUT2D eigenvalue weighted by atomic mass is 9.96. The summed E-state index contributed by atoms with van der Waals surface area (Å²) < 4.78 is 7.53. The molecule has 0 spiro atoms. The first kappa shape index (κ1) is 21.9. The van der Waals surface area contributed by atoms with Gasteiger partial charge >= 0.3 is 0 Å². The fourth-order valence-corrected chi connectivity index (χ4v) is 4.70. The predicted octanol–water partition coefficient (Wildman–Crippen LogP) is 2.53. The van der Waals surface area contributed by atoms with Gasteiger partial charge in [0.25, 0.3) is 5.91 Å². The molecule has 174 valence electrons. The van der Waals surface area contributed by atoms with Gasteiger partial charge in [0.05, 0.1) is 35.4 Å². The van der Waals surface area contributed by atoms with Crippen molar-refractivity contribution in [3.8, 4) is 5.75 Å². The lowest BCUT2D eigenvalue weighted by Gasteiger charge is -2.34. The number of nitrogens with one attached hydrogen (secondary N) is 1. The van der Waals surface area contributed by atoms with Crippen molar-refractivity contribution in [1.82, 2.24) is 14.6 Å². The van der Waals surface area contributed by atoms with E-state index in [1.807, 2.05) is 19.1 Å². The first-order valence-electron chi connectivity index (χ1n) is 11.0. The van der Waals surface area contributed by atoms with Crippen LogP contribution in [-0.4, -0.2) is 62.6 Å². The quantitative estimate of drug-likeness (QED) is 0.524. The molecule has 3 N–H and O–H groups in total. The normalized spacial score (nSPS) is 20.7. The van der Waals surface area contributed by atoms with Crippen LogP contribution >= 0.6 is 11.6 Å². The Morgan fingerprint density at radius 3 is 2.82 bits per heavy atom. The van der Waals surface area contributed by atoms with Gasteiger partial charge in [0.1, 0.15) is 16.9 Å². The second kappa shape index (κ2) is 8.48. The summed E-state index contributed by atoms with van der Waals surface area (Å²) in [5.74, 6) is 0.686. The van der Waals surface area contributed by atoms with Gasteiger partial charge in [-0.25, -0.2) is 9.50 Å². The van der Waals surface area contributed by atoms with Crippen LogP contribution < -0.4 is 15.0 Å². The number of carbonyl (C=O) groups excluding carboxylic acids is 1. The number of aliphatic hydroxyl groups excluding tert-OH is 2. The number of amides is 1. The van der Waals surface area contributed by atoms with Gasteiger partial charge in [-0.15, -0.1) is 0 Å². The van der Waals surface area contributed by atoms with Crippen LogP contribution in [0.15, 0.2) is 30.7 Å². The minimum Gasteiger partial charge on any atom is -0.484 e. The molecular weight excluding hydrogens is 446 g/mol. The first-order chi connectivity index (χ1) is 15.9. The van der Waals surface area contributed by atoms with Gasteiger partial charge in [-0.05, 0) is 31.7 Å². The molecule has 0 unspecified atom stereocenters. The van der Waals surface area contributed by atoms with Gasteiger partial charge in [-0.1, -0.05) is 11.6 Å². The minimum atomic E-state index is -0.683. The Labute approximate surface area is 195 Å². The maximum atomic E-state index is 13.2. The number of nitrogens with zero attached hydrogens (tertiary/aromatic N) is 4. The van der Waals surface area contributed by atoms with Crippen LogP contribution in [0.4, 0.5) is 11.4 Å². The highest BCUT2D eigenvalue weighted by atomic mass is 35.5. The van der Waals surface area contributed by atoms with Crippen molar-refractivity contribution in [2.75, 3.05) is 36.5 Å². The molecular formula is C23H26ClN5O4. The average molecular weight is 472 g/mol. The van der Waals surface area contributed by atoms with E-state index in [9.17, 15) is 15.0 Å². The largest absolute Gasteiger partial charge is 0.484 e. The van der Waals surface area contributed by atoms with E-state index in [0.29, 0.717) is 34.3 Å². The van der Waals surface area contributed by atoms with E-state index in [1.165, 1.54) is 16.9 Å². The SMILES string of the molecule is C[C@@]1(CO)Cc2cc(NC(=O)c3cnn4cc(Cl)cnc34)c(N3CCC(CO)CC3)cc2O1. The van der Waals surface area contributed by atoms with Crippen molar-refractivity contribution in [2.24, 2.45) is 5.92 Å². The predicted molar refractivity (Wildman–Crippen MR) is 124 cm³/mol. The highest BCUT2D eigenvalue weighted by Gasteiger charge is 2.36. The van der Waals surface area contributed by atoms with Gasteiger partial charge in [0, 0.05) is 43.9 Å². The Kier molecular flexibility index (Phi) is 5.64. The van der Waals surface area contributed by atoms with E-state index in [1.54, 1.807) is 6.20 Å². The molecule has 1 saturated heterocycles. The second-order valence-electron chi connectivity index (χ2n) is 9.03. The monoisotopic (exact) mass is 471 g/mol. The third-order valence-corrected chi connectivity index (χ3v) is 6.66. The molecule has 0 aliphatic carbocycles. The van der Waals surface area contributed by atoms with Crippen molar-refractivity contribution in [1.29, 1.82) is 0 Å². The van der Waals surface area contributed by atoms with Crippen molar-refractivity contribution in [2.45, 2.75) is 31.8 Å². The Morgan fingerprint density at radius 1 is 1.30 bits per heavy atom. The topological polar surface area (TPSA) is 112 Å². The van der Waals surface area contributed by atoms with E-state index >= 15 is 0 Å². The molecule has 0 bridgehead atoms. The highest BCUT2D eigenvalue weighted by Crippen LogP contribution is 2.42. The summed E-state index contributed by atoms with van der Waals surface area (Å²) in [7, 11) is 0. The lowest BCUT2D eigenvalue weighted by Crippen LogP contribution is -2.35. The molecule has 1 atom stereocenters. The van der Waals surface area contributed by atoms with E-state index < -0.39 is 5.60 Å². The minimum absolute atomic E-state index is 0.1000. The van der Waals surface area contributed by atoms with E-state index in [4.69, 9.17) is 16.3 Å². The van der Waals surface area contributed by atoms with Crippen LogP contribution in [0.25, 0.3) is 5.65 Å². The van der Waals surface area contributed by atoms with Crippen LogP contribution in [0.3, 0.4) is 0 Å². The Bertz CT molecular complexity index is 1210. The third-order valence-electron chi connectivity index (χ3n) is 6.47. The molecule has 3 aromatic rings.